The van der Waals surface area contributed by atoms with E-state index in [0.29, 0.717) is 6.42 Å². The lowest BCUT2D eigenvalue weighted by Gasteiger charge is -2.34. The van der Waals surface area contributed by atoms with Crippen molar-refractivity contribution in [3.05, 3.63) is 0 Å². The van der Waals surface area contributed by atoms with Gasteiger partial charge in [-0.3, -0.25) is 4.79 Å². The first-order valence-corrected chi connectivity index (χ1v) is 7.87. The van der Waals surface area contributed by atoms with Gasteiger partial charge in [0.15, 0.2) is 0 Å². The molecule has 4 atom stereocenters. The number of rotatable bonds is 9. The van der Waals surface area contributed by atoms with Gasteiger partial charge in [-0.25, -0.2) is 0 Å². The molecule has 1 aliphatic heterocycles. The largest absolute Gasteiger partial charge is 0.463 e. The topological polar surface area (TPSA) is 96.2 Å². The van der Waals surface area contributed by atoms with Crippen LogP contribution in [0.4, 0.5) is 0 Å². The van der Waals surface area contributed by atoms with Crippen molar-refractivity contribution >= 4 is 5.97 Å². The van der Waals surface area contributed by atoms with Crippen molar-refractivity contribution in [2.24, 2.45) is 0 Å². The lowest BCUT2D eigenvalue weighted by molar-refractivity contribution is -0.201. The molecule has 1 saturated heterocycles. The molecule has 1 fully saturated rings. The molecule has 0 saturated carbocycles. The molecule has 6 heteroatoms. The van der Waals surface area contributed by atoms with Crippen molar-refractivity contribution < 1.29 is 29.6 Å². The van der Waals surface area contributed by atoms with Crippen molar-refractivity contribution in [1.82, 2.24) is 0 Å². The predicted molar refractivity (Wildman–Crippen MR) is 76.7 cm³/mol. The summed E-state index contributed by atoms with van der Waals surface area (Å²) in [4.78, 5) is 11.6. The van der Waals surface area contributed by atoms with Gasteiger partial charge in [-0.1, -0.05) is 39.0 Å². The van der Waals surface area contributed by atoms with E-state index in [1.807, 2.05) is 0 Å². The molecule has 6 nitrogen and oxygen atoms in total. The van der Waals surface area contributed by atoms with Crippen molar-refractivity contribution in [3.63, 3.8) is 0 Å². The molecule has 0 aliphatic carbocycles. The second-order valence-electron chi connectivity index (χ2n) is 5.62. The van der Waals surface area contributed by atoms with Crippen LogP contribution in [0.1, 0.15) is 51.9 Å². The van der Waals surface area contributed by atoms with Gasteiger partial charge in [0.25, 0.3) is 0 Å². The smallest absolute Gasteiger partial charge is 0.305 e. The summed E-state index contributed by atoms with van der Waals surface area (Å²) >= 11 is 0. The first-order chi connectivity index (χ1) is 10.1. The molecule has 0 aromatic heterocycles. The van der Waals surface area contributed by atoms with Crippen LogP contribution < -0.4 is 0 Å². The SMILES string of the molecule is CCCCCCCCC(=O)OC[C@H]1OC[C@@H](O)[C@@H](O)[C@@H]1O. The van der Waals surface area contributed by atoms with Crippen molar-refractivity contribution in [1.29, 1.82) is 0 Å². The standard InChI is InChI=1S/C15H28O6/c1-2-3-4-5-6-7-8-13(17)21-10-12-15(19)14(18)11(16)9-20-12/h11-12,14-16,18-19H,2-10H2,1H3/t11-,12-,14-,15-/m1/s1. The Morgan fingerprint density at radius 2 is 1.76 bits per heavy atom. The molecule has 0 aromatic carbocycles. The molecule has 1 rings (SSSR count). The molecule has 0 bridgehead atoms. The van der Waals surface area contributed by atoms with Crippen LogP contribution in [0.15, 0.2) is 0 Å². The summed E-state index contributed by atoms with van der Waals surface area (Å²) in [5.41, 5.74) is 0. The quantitative estimate of drug-likeness (QED) is 0.430. The number of carbonyl (C=O) groups is 1. The molecule has 1 heterocycles. The van der Waals surface area contributed by atoms with Gasteiger partial charge in [-0.2, -0.15) is 0 Å². The van der Waals surface area contributed by atoms with Gasteiger partial charge in [-0.05, 0) is 6.42 Å². The number of hydrogen-bond donors (Lipinski definition) is 3. The predicted octanol–water partition coefficient (Wildman–Crippen LogP) is 0.762. The minimum absolute atomic E-state index is 0.0716. The number of hydrogen-bond acceptors (Lipinski definition) is 6. The Morgan fingerprint density at radius 3 is 2.48 bits per heavy atom. The molecule has 124 valence electrons. The number of aliphatic hydroxyl groups excluding tert-OH is 3. The van der Waals surface area contributed by atoms with Gasteiger partial charge in [-0.15, -0.1) is 0 Å². The number of carbonyl (C=O) groups excluding carboxylic acids is 1. The summed E-state index contributed by atoms with van der Waals surface area (Å²) in [7, 11) is 0. The molecule has 3 N–H and O–H groups in total. The average Bonchev–Trinajstić information content (AvgIpc) is 2.47. The Morgan fingerprint density at radius 1 is 1.10 bits per heavy atom. The Labute approximate surface area is 126 Å². The van der Waals surface area contributed by atoms with Crippen molar-refractivity contribution in [2.45, 2.75) is 76.3 Å². The maximum Gasteiger partial charge on any atom is 0.305 e. The fourth-order valence-electron chi connectivity index (χ4n) is 2.31. The highest BCUT2D eigenvalue weighted by Crippen LogP contribution is 2.16. The summed E-state index contributed by atoms with van der Waals surface area (Å²) in [5, 5.41) is 28.5. The van der Waals surface area contributed by atoms with E-state index in [9.17, 15) is 20.1 Å². The Kier molecular flexibility index (Phi) is 8.84. The molecule has 0 aromatic rings. The first kappa shape index (κ1) is 18.4. The lowest BCUT2D eigenvalue weighted by atomic mass is 10.0. The van der Waals surface area contributed by atoms with Crippen LogP contribution in [0.25, 0.3) is 0 Å². The Balaban J connectivity index is 2.10. The Hall–Kier alpha value is -0.690. The number of aliphatic hydroxyl groups is 3. The zero-order valence-corrected chi connectivity index (χ0v) is 12.7. The van der Waals surface area contributed by atoms with Crippen LogP contribution in [0.5, 0.6) is 0 Å². The highest BCUT2D eigenvalue weighted by molar-refractivity contribution is 5.69. The Bertz CT molecular complexity index is 296. The first-order valence-electron chi connectivity index (χ1n) is 7.87. The summed E-state index contributed by atoms with van der Waals surface area (Å²) in [6.07, 6.45) is 2.56. The second-order valence-corrected chi connectivity index (χ2v) is 5.62. The monoisotopic (exact) mass is 304 g/mol. The molecule has 0 amide bonds. The zero-order chi connectivity index (χ0) is 15.7. The van der Waals surface area contributed by atoms with Crippen LogP contribution in [-0.2, 0) is 14.3 Å². The summed E-state index contributed by atoms with van der Waals surface area (Å²) in [5.74, 6) is -0.318. The molecular formula is C15H28O6. The lowest BCUT2D eigenvalue weighted by Crippen LogP contribution is -2.54. The maximum absolute atomic E-state index is 11.6. The van der Waals surface area contributed by atoms with Gasteiger partial charge in [0, 0.05) is 6.42 Å². The highest BCUT2D eigenvalue weighted by atomic mass is 16.6. The van der Waals surface area contributed by atoms with Gasteiger partial charge in [0.05, 0.1) is 6.61 Å². The number of unbranched alkanes of at least 4 members (excludes halogenated alkanes) is 5. The minimum atomic E-state index is -1.26. The van der Waals surface area contributed by atoms with Crippen LogP contribution in [0, 0.1) is 0 Å². The highest BCUT2D eigenvalue weighted by Gasteiger charge is 2.37. The minimum Gasteiger partial charge on any atom is -0.463 e. The summed E-state index contributed by atoms with van der Waals surface area (Å²) in [6.45, 7) is 1.99. The van der Waals surface area contributed by atoms with Crippen molar-refractivity contribution in [2.75, 3.05) is 13.2 Å². The number of ether oxygens (including phenoxy) is 2. The molecule has 0 radical (unpaired) electrons. The van der Waals surface area contributed by atoms with E-state index in [1.54, 1.807) is 0 Å². The third-order valence-electron chi connectivity index (χ3n) is 3.75. The van der Waals surface area contributed by atoms with E-state index in [-0.39, 0.29) is 19.2 Å². The normalized spacial score (nSPS) is 29.3. The van der Waals surface area contributed by atoms with Crippen LogP contribution >= 0.6 is 0 Å². The van der Waals surface area contributed by atoms with E-state index in [1.165, 1.54) is 19.3 Å². The van der Waals surface area contributed by atoms with Crippen LogP contribution in [0.2, 0.25) is 0 Å². The summed E-state index contributed by atoms with van der Waals surface area (Å²) in [6, 6.07) is 0. The zero-order valence-electron chi connectivity index (χ0n) is 12.7. The van der Waals surface area contributed by atoms with Gasteiger partial charge in [0.1, 0.15) is 31.0 Å². The van der Waals surface area contributed by atoms with Crippen LogP contribution in [0.3, 0.4) is 0 Å². The fraction of sp³-hybridized carbons (Fsp3) is 0.933. The van der Waals surface area contributed by atoms with E-state index < -0.39 is 24.4 Å². The fourth-order valence-corrected chi connectivity index (χ4v) is 2.31. The third kappa shape index (κ3) is 6.74. The molecule has 0 unspecified atom stereocenters. The second kappa shape index (κ2) is 10.1. The van der Waals surface area contributed by atoms with Gasteiger partial charge >= 0.3 is 5.97 Å². The molecular weight excluding hydrogens is 276 g/mol. The summed E-state index contributed by atoms with van der Waals surface area (Å²) < 4.78 is 10.2. The molecule has 0 spiro atoms. The average molecular weight is 304 g/mol. The number of esters is 1. The van der Waals surface area contributed by atoms with E-state index in [4.69, 9.17) is 9.47 Å². The van der Waals surface area contributed by atoms with E-state index in [2.05, 4.69) is 6.92 Å². The van der Waals surface area contributed by atoms with Crippen molar-refractivity contribution in [3.8, 4) is 0 Å². The van der Waals surface area contributed by atoms with E-state index >= 15 is 0 Å². The molecule has 21 heavy (non-hydrogen) atoms. The molecule has 1 aliphatic rings. The third-order valence-corrected chi connectivity index (χ3v) is 3.75. The van der Waals surface area contributed by atoms with Gasteiger partial charge < -0.3 is 24.8 Å². The van der Waals surface area contributed by atoms with Crippen LogP contribution in [-0.4, -0.2) is 58.9 Å². The van der Waals surface area contributed by atoms with E-state index in [0.717, 1.165) is 19.3 Å². The maximum atomic E-state index is 11.6. The van der Waals surface area contributed by atoms with Gasteiger partial charge in [0.2, 0.25) is 0 Å².